The zero-order chi connectivity index (χ0) is 36.9. The number of benzene rings is 2. The summed E-state index contributed by atoms with van der Waals surface area (Å²) in [5, 5.41) is 12.5. The smallest absolute Gasteiger partial charge is 0.159 e. The van der Waals surface area contributed by atoms with Crippen molar-refractivity contribution in [3.8, 4) is 0 Å². The molecule has 2 saturated carbocycles. The molecule has 0 bridgehead atoms. The monoisotopic (exact) mass is 756 g/mol. The van der Waals surface area contributed by atoms with Crippen LogP contribution >= 0.6 is 0 Å². The molecule has 5 saturated heterocycles. The molecule has 0 spiro atoms. The number of nitrogens with one attached hydrogen (secondary N) is 3. The van der Waals surface area contributed by atoms with Gasteiger partial charge in [0, 0.05) is 71.1 Å². The van der Waals surface area contributed by atoms with E-state index in [1.54, 1.807) is 17.2 Å². The van der Waals surface area contributed by atoms with E-state index in [4.69, 9.17) is 4.98 Å². The quantitative estimate of drug-likeness (QED) is 0.248. The number of para-hydroxylation sites is 2. The molecule has 10 heterocycles. The minimum atomic E-state index is 0.341. The van der Waals surface area contributed by atoms with Crippen LogP contribution in [0.4, 0.5) is 11.4 Å². The van der Waals surface area contributed by atoms with Crippen molar-refractivity contribution in [3.05, 3.63) is 114 Å². The molecule has 14 rings (SSSR count). The second-order valence-electron chi connectivity index (χ2n) is 19.9. The third-order valence-corrected chi connectivity index (χ3v) is 17.8. The Morgan fingerprint density at radius 1 is 0.561 bits per heavy atom. The SMILES string of the molecule is c1ccc(N2C3=C(C4CCCNC42)C2CCCC4B5C6CCNC7C8=C(N(c9ccccc9)C9NCCCC89)N(C8CC(c9ccccn9)CC(C58)N3C42)C67)cc1. The Labute approximate surface area is 338 Å². The summed E-state index contributed by atoms with van der Waals surface area (Å²) >= 11 is 0. The Balaban J connectivity index is 0.975. The fourth-order valence-electron chi connectivity index (χ4n) is 16.5. The highest BCUT2D eigenvalue weighted by molar-refractivity contribution is 6.65. The summed E-state index contributed by atoms with van der Waals surface area (Å²) in [5.74, 6) is 7.70. The Kier molecular flexibility index (Phi) is 7.18. The highest BCUT2D eigenvalue weighted by Gasteiger charge is 2.72. The van der Waals surface area contributed by atoms with E-state index in [1.165, 1.54) is 81.3 Å². The van der Waals surface area contributed by atoms with Crippen LogP contribution < -0.4 is 25.8 Å². The van der Waals surface area contributed by atoms with Gasteiger partial charge in [-0.2, -0.15) is 0 Å². The van der Waals surface area contributed by atoms with Crippen molar-refractivity contribution in [1.82, 2.24) is 30.7 Å². The molecule has 1 aromatic heterocycles. The van der Waals surface area contributed by atoms with E-state index in [0.29, 0.717) is 72.0 Å². The van der Waals surface area contributed by atoms with Crippen molar-refractivity contribution in [2.24, 2.45) is 17.8 Å². The number of pyridine rings is 1. The third-order valence-electron chi connectivity index (χ3n) is 17.8. The minimum Gasteiger partial charge on any atom is -0.352 e. The average molecular weight is 757 g/mol. The molecular weight excluding hydrogens is 699 g/mol. The van der Waals surface area contributed by atoms with Gasteiger partial charge in [-0.3, -0.25) is 15.6 Å². The number of aromatic nitrogens is 1. The Hall–Kier alpha value is -3.79. The number of nitrogens with zero attached hydrogens (tertiary/aromatic N) is 5. The van der Waals surface area contributed by atoms with Gasteiger partial charge < -0.3 is 24.9 Å². The standard InChI is InChI=1S/C48H57BN8/c1-3-12-29(13-4-1)54-45-32(17-10-23-52-45)39-31-16-9-19-34-43(31)56(47(39)54)37-26-28(36-20-7-8-22-50-36)27-38-41(37)49(34)35-21-25-51-42-40-33-18-11-24-53-46(33)55(30-14-5-2-6-15-30)48(40)57(38)44(35)42/h1-8,12-15,20,22,28,31-35,37-38,41-46,51-53H,9-11,16-19,21,23-27H2. The number of rotatable bonds is 3. The van der Waals surface area contributed by atoms with E-state index in [2.05, 4.69) is 121 Å². The van der Waals surface area contributed by atoms with Crippen LogP contribution in [0, 0.1) is 17.8 Å². The Morgan fingerprint density at radius 2 is 1.18 bits per heavy atom. The Bertz CT molecular complexity index is 2000. The zero-order valence-electron chi connectivity index (χ0n) is 33.2. The lowest BCUT2D eigenvalue weighted by atomic mass is 9.18. The van der Waals surface area contributed by atoms with Crippen molar-refractivity contribution in [1.29, 1.82) is 0 Å². The minimum absolute atomic E-state index is 0.341. The summed E-state index contributed by atoms with van der Waals surface area (Å²) in [6.07, 6.45) is 15.9. The fraction of sp³-hybridized carbons (Fsp3) is 0.562. The molecule has 57 heavy (non-hydrogen) atoms. The summed E-state index contributed by atoms with van der Waals surface area (Å²) in [5.41, 5.74) is 7.69. The van der Waals surface area contributed by atoms with Gasteiger partial charge in [-0.1, -0.05) is 55.3 Å². The fourth-order valence-corrected chi connectivity index (χ4v) is 16.5. The summed E-state index contributed by atoms with van der Waals surface area (Å²) < 4.78 is 0. The Morgan fingerprint density at radius 3 is 1.86 bits per heavy atom. The summed E-state index contributed by atoms with van der Waals surface area (Å²) in [4.78, 5) is 17.2. The van der Waals surface area contributed by atoms with Crippen molar-refractivity contribution >= 4 is 18.1 Å². The predicted molar refractivity (Wildman–Crippen MR) is 227 cm³/mol. The van der Waals surface area contributed by atoms with Gasteiger partial charge in [0.25, 0.3) is 0 Å². The third kappa shape index (κ3) is 4.34. The zero-order valence-corrected chi connectivity index (χ0v) is 33.2. The van der Waals surface area contributed by atoms with Crippen LogP contribution in [-0.2, 0) is 0 Å². The molecule has 14 unspecified atom stereocenters. The molecule has 3 N–H and O–H groups in total. The molecule has 292 valence electrons. The molecule has 8 nitrogen and oxygen atoms in total. The van der Waals surface area contributed by atoms with Crippen molar-refractivity contribution in [2.75, 3.05) is 29.4 Å². The second-order valence-corrected chi connectivity index (χ2v) is 19.9. The number of anilines is 2. The first-order valence-electron chi connectivity index (χ1n) is 23.2. The van der Waals surface area contributed by atoms with Gasteiger partial charge in [0.05, 0.1) is 18.4 Å². The average Bonchev–Trinajstić information content (AvgIpc) is 4.00. The van der Waals surface area contributed by atoms with Crippen molar-refractivity contribution in [2.45, 2.75) is 130 Å². The number of hydrogen-bond donors (Lipinski definition) is 3. The van der Waals surface area contributed by atoms with Crippen molar-refractivity contribution in [3.63, 3.8) is 0 Å². The van der Waals surface area contributed by atoms with Gasteiger partial charge in [-0.15, -0.1) is 0 Å². The predicted octanol–water partition coefficient (Wildman–Crippen LogP) is 6.97. The first-order chi connectivity index (χ1) is 28.3. The highest BCUT2D eigenvalue weighted by Crippen LogP contribution is 2.69. The number of fused-ring (bicyclic) bond motifs is 12. The van der Waals surface area contributed by atoms with Crippen LogP contribution in [0.25, 0.3) is 0 Å². The van der Waals surface area contributed by atoms with Crippen LogP contribution in [0.15, 0.2) is 108 Å². The molecule has 3 aromatic rings. The highest BCUT2D eigenvalue weighted by atomic mass is 15.5. The topological polar surface area (TPSA) is 61.9 Å². The molecule has 7 fully saturated rings. The lowest BCUT2D eigenvalue weighted by Gasteiger charge is -2.68. The molecule has 9 aliphatic heterocycles. The molecule has 0 radical (unpaired) electrons. The van der Waals surface area contributed by atoms with E-state index in [0.717, 1.165) is 38.0 Å². The molecular formula is C48H57BN8. The van der Waals surface area contributed by atoms with Crippen LogP contribution in [0.1, 0.15) is 75.8 Å². The van der Waals surface area contributed by atoms with Crippen LogP contribution in [0.2, 0.25) is 17.5 Å². The lowest BCUT2D eigenvalue weighted by molar-refractivity contribution is 0.0124. The molecule has 0 amide bonds. The van der Waals surface area contributed by atoms with Gasteiger partial charge in [0.1, 0.15) is 11.6 Å². The molecule has 2 aliphatic carbocycles. The second kappa shape index (κ2) is 12.4. The molecule has 2 aromatic carbocycles. The van der Waals surface area contributed by atoms with Crippen LogP contribution in [0.3, 0.4) is 0 Å². The maximum Gasteiger partial charge on any atom is 0.159 e. The summed E-state index contributed by atoms with van der Waals surface area (Å²) in [7, 11) is 0. The van der Waals surface area contributed by atoms with E-state index < -0.39 is 0 Å². The van der Waals surface area contributed by atoms with E-state index in [-0.39, 0.29) is 0 Å². The largest absolute Gasteiger partial charge is 0.352 e. The van der Waals surface area contributed by atoms with E-state index in [1.807, 2.05) is 5.57 Å². The summed E-state index contributed by atoms with van der Waals surface area (Å²) in [6, 6.07) is 32.5. The first-order valence-corrected chi connectivity index (χ1v) is 23.2. The van der Waals surface area contributed by atoms with Gasteiger partial charge in [0.15, 0.2) is 6.71 Å². The van der Waals surface area contributed by atoms with Crippen LogP contribution in [0.5, 0.6) is 0 Å². The van der Waals surface area contributed by atoms with Gasteiger partial charge in [-0.25, -0.2) is 0 Å². The van der Waals surface area contributed by atoms with E-state index >= 15 is 0 Å². The maximum atomic E-state index is 5.19. The first kappa shape index (κ1) is 33.1. The summed E-state index contributed by atoms with van der Waals surface area (Å²) in [6.45, 7) is 4.19. The van der Waals surface area contributed by atoms with Crippen LogP contribution in [-0.4, -0.2) is 83.7 Å². The molecule has 11 aliphatic rings. The van der Waals surface area contributed by atoms with Crippen molar-refractivity contribution < 1.29 is 0 Å². The number of hydrogen-bond acceptors (Lipinski definition) is 8. The normalized spacial score (nSPS) is 42.0. The molecule has 9 heteroatoms. The number of piperidine rings is 3. The van der Waals surface area contributed by atoms with Gasteiger partial charge in [-0.05, 0) is 136 Å². The lowest BCUT2D eigenvalue weighted by Crippen LogP contribution is -2.74. The van der Waals surface area contributed by atoms with Gasteiger partial charge >= 0.3 is 0 Å². The van der Waals surface area contributed by atoms with Gasteiger partial charge in [0.2, 0.25) is 0 Å². The molecule has 14 atom stereocenters. The maximum absolute atomic E-state index is 5.19. The van der Waals surface area contributed by atoms with E-state index in [9.17, 15) is 0 Å².